The second kappa shape index (κ2) is 10.9. The van der Waals surface area contributed by atoms with Gasteiger partial charge in [0, 0.05) is 46.8 Å². The van der Waals surface area contributed by atoms with Gasteiger partial charge in [0.25, 0.3) is 5.91 Å². The standard InChI is InChI=1S/C24H32N4O4S/c1-16-8-6-7-9-18(16)14-27-10-12-28(13-11-27)15-19(29)25-22-20(24(31)32-5)17(2)21(33-22)23(30)26(3)4/h6-9H,10-15H2,1-5H3,(H,25,29). The van der Waals surface area contributed by atoms with Crippen molar-refractivity contribution in [2.24, 2.45) is 0 Å². The van der Waals surface area contributed by atoms with Crippen molar-refractivity contribution in [2.75, 3.05) is 59.2 Å². The molecule has 0 atom stereocenters. The average molecular weight is 473 g/mol. The fourth-order valence-corrected chi connectivity index (χ4v) is 5.09. The number of hydrogen-bond acceptors (Lipinski definition) is 7. The van der Waals surface area contributed by atoms with Gasteiger partial charge >= 0.3 is 5.97 Å². The Labute approximate surface area is 199 Å². The molecule has 1 aromatic heterocycles. The molecule has 3 rings (SSSR count). The number of aryl methyl sites for hydroxylation is 1. The lowest BCUT2D eigenvalue weighted by Gasteiger charge is -2.34. The van der Waals surface area contributed by atoms with Crippen LogP contribution in [0.3, 0.4) is 0 Å². The van der Waals surface area contributed by atoms with Crippen molar-refractivity contribution in [1.82, 2.24) is 14.7 Å². The summed E-state index contributed by atoms with van der Waals surface area (Å²) in [5, 5.41) is 3.19. The van der Waals surface area contributed by atoms with Crippen LogP contribution in [-0.4, -0.2) is 86.4 Å². The topological polar surface area (TPSA) is 82.2 Å². The third kappa shape index (κ3) is 5.98. The van der Waals surface area contributed by atoms with E-state index in [1.807, 2.05) is 0 Å². The summed E-state index contributed by atoms with van der Waals surface area (Å²) in [7, 11) is 4.58. The van der Waals surface area contributed by atoms with Crippen molar-refractivity contribution in [3.8, 4) is 0 Å². The van der Waals surface area contributed by atoms with E-state index in [2.05, 4.69) is 46.3 Å². The van der Waals surface area contributed by atoms with Gasteiger partial charge in [0.05, 0.1) is 24.1 Å². The molecule has 8 nitrogen and oxygen atoms in total. The normalized spacial score (nSPS) is 14.7. The highest BCUT2D eigenvalue weighted by molar-refractivity contribution is 7.18. The summed E-state index contributed by atoms with van der Waals surface area (Å²) in [5.41, 5.74) is 3.38. The van der Waals surface area contributed by atoms with E-state index in [-0.39, 0.29) is 23.9 Å². The van der Waals surface area contributed by atoms with E-state index in [9.17, 15) is 14.4 Å². The molecule has 0 saturated carbocycles. The number of rotatable bonds is 7. The van der Waals surface area contributed by atoms with Crippen LogP contribution in [0, 0.1) is 13.8 Å². The maximum atomic E-state index is 12.8. The molecule has 1 fully saturated rings. The van der Waals surface area contributed by atoms with Crippen molar-refractivity contribution in [3.05, 3.63) is 51.4 Å². The lowest BCUT2D eigenvalue weighted by molar-refractivity contribution is -0.117. The highest BCUT2D eigenvalue weighted by atomic mass is 32.1. The maximum absolute atomic E-state index is 12.8. The van der Waals surface area contributed by atoms with Gasteiger partial charge in [-0.2, -0.15) is 0 Å². The minimum atomic E-state index is -0.568. The van der Waals surface area contributed by atoms with Gasteiger partial charge in [-0.3, -0.25) is 19.4 Å². The first-order valence-corrected chi connectivity index (χ1v) is 11.7. The zero-order chi connectivity index (χ0) is 24.1. The van der Waals surface area contributed by atoms with Crippen molar-refractivity contribution >= 4 is 34.1 Å². The Balaban J connectivity index is 1.61. The number of nitrogens with zero attached hydrogens (tertiary/aromatic N) is 3. The van der Waals surface area contributed by atoms with Crippen LogP contribution >= 0.6 is 11.3 Å². The number of piperazine rings is 1. The fraction of sp³-hybridized carbons (Fsp3) is 0.458. The summed E-state index contributed by atoms with van der Waals surface area (Å²) in [6.07, 6.45) is 0. The van der Waals surface area contributed by atoms with Crippen LogP contribution in [0.4, 0.5) is 5.00 Å². The van der Waals surface area contributed by atoms with Gasteiger partial charge < -0.3 is 15.0 Å². The largest absolute Gasteiger partial charge is 0.465 e. The van der Waals surface area contributed by atoms with Crippen molar-refractivity contribution in [2.45, 2.75) is 20.4 Å². The van der Waals surface area contributed by atoms with Gasteiger partial charge in [0.2, 0.25) is 5.91 Å². The number of carbonyl (C=O) groups is 3. The number of esters is 1. The maximum Gasteiger partial charge on any atom is 0.341 e. The molecule has 1 N–H and O–H groups in total. The van der Waals surface area contributed by atoms with E-state index >= 15 is 0 Å². The molecule has 9 heteroatoms. The molecule has 2 aromatic rings. The highest BCUT2D eigenvalue weighted by Crippen LogP contribution is 2.34. The van der Waals surface area contributed by atoms with Crippen molar-refractivity contribution in [1.29, 1.82) is 0 Å². The smallest absolute Gasteiger partial charge is 0.341 e. The molecule has 33 heavy (non-hydrogen) atoms. The minimum absolute atomic E-state index is 0.211. The van der Waals surface area contributed by atoms with Crippen LogP contribution in [0.25, 0.3) is 0 Å². The van der Waals surface area contributed by atoms with Gasteiger partial charge in [-0.15, -0.1) is 11.3 Å². The van der Waals surface area contributed by atoms with E-state index in [1.165, 1.54) is 23.1 Å². The Morgan fingerprint density at radius 2 is 1.70 bits per heavy atom. The van der Waals surface area contributed by atoms with Crippen molar-refractivity contribution < 1.29 is 19.1 Å². The van der Waals surface area contributed by atoms with Gasteiger partial charge in [-0.1, -0.05) is 24.3 Å². The molecule has 1 aliphatic heterocycles. The van der Waals surface area contributed by atoms with E-state index < -0.39 is 5.97 Å². The first-order valence-electron chi connectivity index (χ1n) is 10.9. The molecule has 1 saturated heterocycles. The Morgan fingerprint density at radius 3 is 2.30 bits per heavy atom. The van der Waals surface area contributed by atoms with Gasteiger partial charge in [0.1, 0.15) is 5.00 Å². The molecule has 2 amide bonds. The SMILES string of the molecule is COC(=O)c1c(NC(=O)CN2CCN(Cc3ccccc3C)CC2)sc(C(=O)N(C)C)c1C. The summed E-state index contributed by atoms with van der Waals surface area (Å²) in [6, 6.07) is 8.40. The first-order chi connectivity index (χ1) is 15.7. The average Bonchev–Trinajstić information content (AvgIpc) is 3.10. The Bertz CT molecular complexity index is 1030. The summed E-state index contributed by atoms with van der Waals surface area (Å²) < 4.78 is 4.89. The molecule has 0 aliphatic carbocycles. The van der Waals surface area contributed by atoms with Gasteiger partial charge in [-0.25, -0.2) is 4.79 Å². The zero-order valence-corrected chi connectivity index (χ0v) is 20.8. The second-order valence-corrected chi connectivity index (χ2v) is 9.50. The van der Waals surface area contributed by atoms with Gasteiger partial charge in [0.15, 0.2) is 0 Å². The quantitative estimate of drug-likeness (QED) is 0.624. The van der Waals surface area contributed by atoms with Crippen LogP contribution in [0.2, 0.25) is 0 Å². The first kappa shape index (κ1) is 24.9. The fourth-order valence-electron chi connectivity index (χ4n) is 3.86. The number of carbonyl (C=O) groups excluding carboxylic acids is 3. The molecule has 1 aromatic carbocycles. The number of benzene rings is 1. The molecule has 0 spiro atoms. The second-order valence-electron chi connectivity index (χ2n) is 8.48. The predicted molar refractivity (Wildman–Crippen MR) is 130 cm³/mol. The predicted octanol–water partition coefficient (Wildman–Crippen LogP) is 2.61. The zero-order valence-electron chi connectivity index (χ0n) is 19.9. The molecular weight excluding hydrogens is 440 g/mol. The number of nitrogens with one attached hydrogen (secondary N) is 1. The molecule has 0 radical (unpaired) electrons. The minimum Gasteiger partial charge on any atom is -0.465 e. The number of ether oxygens (including phenoxy) is 1. The van der Waals surface area contributed by atoms with Gasteiger partial charge in [-0.05, 0) is 30.5 Å². The number of anilines is 1. The third-order valence-corrected chi connectivity index (χ3v) is 7.07. The summed E-state index contributed by atoms with van der Waals surface area (Å²) in [4.78, 5) is 44.0. The van der Waals surface area contributed by atoms with E-state index in [4.69, 9.17) is 4.74 Å². The number of hydrogen-bond donors (Lipinski definition) is 1. The summed E-state index contributed by atoms with van der Waals surface area (Å²) in [5.74, 6) is -0.993. The molecule has 0 unspecified atom stereocenters. The summed E-state index contributed by atoms with van der Waals surface area (Å²) >= 11 is 1.11. The van der Waals surface area contributed by atoms with E-state index in [1.54, 1.807) is 21.0 Å². The molecule has 1 aliphatic rings. The van der Waals surface area contributed by atoms with Crippen LogP contribution in [0.15, 0.2) is 24.3 Å². The molecule has 2 heterocycles. The number of thiophene rings is 1. The lowest BCUT2D eigenvalue weighted by Crippen LogP contribution is -2.48. The lowest BCUT2D eigenvalue weighted by atomic mass is 10.1. The number of amides is 2. The Kier molecular flexibility index (Phi) is 8.23. The summed E-state index contributed by atoms with van der Waals surface area (Å²) in [6.45, 7) is 8.31. The monoisotopic (exact) mass is 472 g/mol. The van der Waals surface area contributed by atoms with E-state index in [0.717, 1.165) is 44.1 Å². The molecular formula is C24H32N4O4S. The number of methoxy groups -OCH3 is 1. The van der Waals surface area contributed by atoms with E-state index in [0.29, 0.717) is 15.4 Å². The van der Waals surface area contributed by atoms with Crippen LogP contribution in [0.5, 0.6) is 0 Å². The molecule has 0 bridgehead atoms. The highest BCUT2D eigenvalue weighted by Gasteiger charge is 2.27. The Hall–Kier alpha value is -2.75. The van der Waals surface area contributed by atoms with Crippen LogP contribution < -0.4 is 5.32 Å². The van der Waals surface area contributed by atoms with Crippen molar-refractivity contribution in [3.63, 3.8) is 0 Å². The molecule has 178 valence electrons. The Morgan fingerprint density at radius 1 is 1.06 bits per heavy atom. The van der Waals surface area contributed by atoms with Crippen LogP contribution in [-0.2, 0) is 16.1 Å². The van der Waals surface area contributed by atoms with Crippen LogP contribution in [0.1, 0.15) is 36.7 Å². The third-order valence-electron chi connectivity index (χ3n) is 5.88.